The van der Waals surface area contributed by atoms with E-state index in [2.05, 4.69) is 20.3 Å². The largest absolute Gasteiger partial charge is 0.464 e. The third-order valence-corrected chi connectivity index (χ3v) is 2.93. The fourth-order valence-electron chi connectivity index (χ4n) is 1.52. The predicted octanol–water partition coefficient (Wildman–Crippen LogP) is 0.846. The summed E-state index contributed by atoms with van der Waals surface area (Å²) in [6, 6.07) is 2.85. The van der Waals surface area contributed by atoms with Crippen LogP contribution in [-0.2, 0) is 18.8 Å². The number of hydrogen-bond donors (Lipinski definition) is 1. The zero-order valence-electron chi connectivity index (χ0n) is 11.0. The van der Waals surface area contributed by atoms with Gasteiger partial charge in [0.25, 0.3) is 5.91 Å². The number of nitrogens with one attached hydrogen (secondary N) is 1. The van der Waals surface area contributed by atoms with E-state index in [4.69, 9.17) is 11.6 Å². The second-order valence-electron chi connectivity index (χ2n) is 3.96. The van der Waals surface area contributed by atoms with E-state index < -0.39 is 11.9 Å². The van der Waals surface area contributed by atoms with Crippen LogP contribution in [0.1, 0.15) is 21.0 Å². The van der Waals surface area contributed by atoms with Crippen molar-refractivity contribution >= 4 is 29.3 Å². The molecule has 9 heteroatoms. The van der Waals surface area contributed by atoms with Gasteiger partial charge < -0.3 is 10.1 Å². The van der Waals surface area contributed by atoms with E-state index in [1.54, 1.807) is 14.1 Å². The van der Waals surface area contributed by atoms with Crippen LogP contribution >= 0.6 is 11.6 Å². The van der Waals surface area contributed by atoms with Crippen molar-refractivity contribution in [2.24, 2.45) is 14.1 Å². The maximum Gasteiger partial charge on any atom is 0.358 e. The van der Waals surface area contributed by atoms with E-state index in [0.717, 1.165) is 0 Å². The molecule has 0 aliphatic heterocycles. The Morgan fingerprint density at radius 3 is 2.40 bits per heavy atom. The van der Waals surface area contributed by atoms with Gasteiger partial charge in [-0.1, -0.05) is 11.6 Å². The minimum atomic E-state index is -0.582. The molecule has 2 rings (SSSR count). The number of rotatable bonds is 3. The van der Waals surface area contributed by atoms with E-state index in [1.165, 1.54) is 28.6 Å². The first-order chi connectivity index (χ1) is 9.42. The standard InChI is InChI=1S/C11H12ClN5O3/c1-16-8(12)4-6(14-16)10(18)13-9-5-7(11(19)20-3)15-17(9)2/h4-5H,1-3H3,(H,13,18). The van der Waals surface area contributed by atoms with Crippen molar-refractivity contribution in [1.82, 2.24) is 19.6 Å². The first-order valence-corrected chi connectivity index (χ1v) is 5.93. The van der Waals surface area contributed by atoms with Crippen LogP contribution in [0, 0.1) is 0 Å². The molecule has 0 aliphatic carbocycles. The lowest BCUT2D eigenvalue weighted by atomic mass is 10.4. The van der Waals surface area contributed by atoms with Gasteiger partial charge in [-0.15, -0.1) is 0 Å². The number of aryl methyl sites for hydroxylation is 2. The van der Waals surface area contributed by atoms with Crippen molar-refractivity contribution < 1.29 is 14.3 Å². The van der Waals surface area contributed by atoms with Crippen LogP contribution in [0.15, 0.2) is 12.1 Å². The van der Waals surface area contributed by atoms with Gasteiger partial charge in [-0.2, -0.15) is 10.2 Å². The summed E-state index contributed by atoms with van der Waals surface area (Å²) in [6.07, 6.45) is 0. The number of ether oxygens (including phenoxy) is 1. The Kier molecular flexibility index (Phi) is 3.75. The topological polar surface area (TPSA) is 91.0 Å². The minimum Gasteiger partial charge on any atom is -0.464 e. The number of esters is 1. The average molecular weight is 298 g/mol. The van der Waals surface area contributed by atoms with Gasteiger partial charge in [0.2, 0.25) is 0 Å². The summed E-state index contributed by atoms with van der Waals surface area (Å²) in [7, 11) is 4.47. The summed E-state index contributed by atoms with van der Waals surface area (Å²) in [4.78, 5) is 23.3. The maximum absolute atomic E-state index is 12.0. The van der Waals surface area contributed by atoms with Crippen molar-refractivity contribution in [1.29, 1.82) is 0 Å². The van der Waals surface area contributed by atoms with E-state index in [1.807, 2.05) is 0 Å². The van der Waals surface area contributed by atoms with Crippen LogP contribution in [0.3, 0.4) is 0 Å². The Bertz CT molecular complexity index is 656. The number of methoxy groups -OCH3 is 1. The number of nitrogens with zero attached hydrogens (tertiary/aromatic N) is 4. The third kappa shape index (κ3) is 2.64. The van der Waals surface area contributed by atoms with Crippen LogP contribution in [0.2, 0.25) is 5.15 Å². The Hall–Kier alpha value is -2.35. The van der Waals surface area contributed by atoms with Crippen molar-refractivity contribution in [3.05, 3.63) is 28.7 Å². The van der Waals surface area contributed by atoms with Gasteiger partial charge >= 0.3 is 5.97 Å². The summed E-state index contributed by atoms with van der Waals surface area (Å²) in [5, 5.41) is 10.8. The molecule has 0 atom stereocenters. The smallest absolute Gasteiger partial charge is 0.358 e. The van der Waals surface area contributed by atoms with Gasteiger partial charge in [0.15, 0.2) is 11.4 Å². The Morgan fingerprint density at radius 2 is 1.85 bits per heavy atom. The molecule has 1 amide bonds. The fraction of sp³-hybridized carbons (Fsp3) is 0.273. The zero-order valence-corrected chi connectivity index (χ0v) is 11.8. The predicted molar refractivity (Wildman–Crippen MR) is 70.7 cm³/mol. The number of amides is 1. The molecule has 0 unspecified atom stereocenters. The van der Waals surface area contributed by atoms with E-state index in [-0.39, 0.29) is 11.4 Å². The molecular weight excluding hydrogens is 286 g/mol. The zero-order chi connectivity index (χ0) is 14.9. The van der Waals surface area contributed by atoms with Crippen molar-refractivity contribution in [3.8, 4) is 0 Å². The molecule has 8 nitrogen and oxygen atoms in total. The average Bonchev–Trinajstić information content (AvgIpc) is 2.93. The molecule has 0 bridgehead atoms. The number of hydrogen-bond acceptors (Lipinski definition) is 5. The third-order valence-electron chi connectivity index (χ3n) is 2.57. The molecule has 0 saturated carbocycles. The number of aromatic nitrogens is 4. The number of carbonyl (C=O) groups is 2. The summed E-state index contributed by atoms with van der Waals surface area (Å²) >= 11 is 5.81. The molecule has 1 N–H and O–H groups in total. The van der Waals surface area contributed by atoms with Crippen LogP contribution in [0.4, 0.5) is 5.82 Å². The van der Waals surface area contributed by atoms with E-state index in [9.17, 15) is 9.59 Å². The van der Waals surface area contributed by atoms with E-state index >= 15 is 0 Å². The second kappa shape index (κ2) is 5.33. The molecule has 106 valence electrons. The number of carbonyl (C=O) groups excluding carboxylic acids is 2. The quantitative estimate of drug-likeness (QED) is 0.848. The molecule has 2 aromatic rings. The highest BCUT2D eigenvalue weighted by Gasteiger charge is 2.17. The highest BCUT2D eigenvalue weighted by Crippen LogP contribution is 2.13. The van der Waals surface area contributed by atoms with Gasteiger partial charge in [0, 0.05) is 26.2 Å². The molecule has 0 fully saturated rings. The van der Waals surface area contributed by atoms with Gasteiger partial charge in [0.05, 0.1) is 7.11 Å². The number of anilines is 1. The molecular formula is C11H12ClN5O3. The maximum atomic E-state index is 12.0. The molecule has 20 heavy (non-hydrogen) atoms. The van der Waals surface area contributed by atoms with Crippen molar-refractivity contribution in [3.63, 3.8) is 0 Å². The first kappa shape index (κ1) is 14.1. The Morgan fingerprint density at radius 1 is 1.20 bits per heavy atom. The van der Waals surface area contributed by atoms with Gasteiger partial charge in [0.1, 0.15) is 11.0 Å². The molecule has 2 aromatic heterocycles. The lowest BCUT2D eigenvalue weighted by Crippen LogP contribution is -2.15. The SMILES string of the molecule is COC(=O)c1cc(NC(=O)c2cc(Cl)n(C)n2)n(C)n1. The summed E-state index contributed by atoms with van der Waals surface area (Å²) in [5.41, 5.74) is 0.266. The monoisotopic (exact) mass is 297 g/mol. The van der Waals surface area contributed by atoms with Crippen molar-refractivity contribution in [2.45, 2.75) is 0 Å². The van der Waals surface area contributed by atoms with Crippen molar-refractivity contribution in [2.75, 3.05) is 12.4 Å². The fourth-order valence-corrected chi connectivity index (χ4v) is 1.67. The van der Waals surface area contributed by atoms with Gasteiger partial charge in [-0.25, -0.2) is 4.79 Å². The summed E-state index contributed by atoms with van der Waals surface area (Å²) < 4.78 is 7.28. The normalized spacial score (nSPS) is 10.4. The van der Waals surface area contributed by atoms with Crippen LogP contribution in [-0.4, -0.2) is 38.5 Å². The van der Waals surface area contributed by atoms with Crippen LogP contribution in [0.5, 0.6) is 0 Å². The molecule has 0 aromatic carbocycles. The highest BCUT2D eigenvalue weighted by molar-refractivity contribution is 6.30. The minimum absolute atomic E-state index is 0.101. The first-order valence-electron chi connectivity index (χ1n) is 5.55. The second-order valence-corrected chi connectivity index (χ2v) is 4.35. The lowest BCUT2D eigenvalue weighted by molar-refractivity contribution is 0.0593. The number of halogens is 1. The van der Waals surface area contributed by atoms with E-state index in [0.29, 0.717) is 11.0 Å². The highest BCUT2D eigenvalue weighted by atomic mass is 35.5. The molecule has 0 saturated heterocycles. The van der Waals surface area contributed by atoms with Crippen LogP contribution < -0.4 is 5.32 Å². The molecule has 0 aliphatic rings. The van der Waals surface area contributed by atoms with Gasteiger partial charge in [-0.05, 0) is 0 Å². The molecule has 0 radical (unpaired) electrons. The lowest BCUT2D eigenvalue weighted by Gasteiger charge is -2.02. The van der Waals surface area contributed by atoms with Crippen LogP contribution in [0.25, 0.3) is 0 Å². The van der Waals surface area contributed by atoms with Gasteiger partial charge in [-0.3, -0.25) is 14.2 Å². The Labute approximate surface area is 119 Å². The summed E-state index contributed by atoms with van der Waals surface area (Å²) in [6.45, 7) is 0. The Balaban J connectivity index is 2.19. The summed E-state index contributed by atoms with van der Waals surface area (Å²) in [5.74, 6) is -0.689. The molecule has 2 heterocycles. The molecule has 0 spiro atoms.